The largest absolute Gasteiger partial charge is 0.381 e. The highest BCUT2D eigenvalue weighted by molar-refractivity contribution is 7.92. The summed E-state index contributed by atoms with van der Waals surface area (Å²) in [4.78, 5) is 2.00. The standard InChI is InChI=1S/C17H26N2O3S/c1-18(2)11-12-19(17-8-13-22-14-9-17)23(20,21)15-10-16-6-4-3-5-7-16/h3-7,10,15,17H,8-9,11-14H2,1-2H3/b15-10+. The minimum Gasteiger partial charge on any atom is -0.381 e. The Bertz CT molecular complexity index is 594. The highest BCUT2D eigenvalue weighted by Gasteiger charge is 2.29. The lowest BCUT2D eigenvalue weighted by Gasteiger charge is -2.33. The number of nitrogens with zero attached hydrogens (tertiary/aromatic N) is 2. The summed E-state index contributed by atoms with van der Waals surface area (Å²) < 4.78 is 32.6. The summed E-state index contributed by atoms with van der Waals surface area (Å²) in [5, 5.41) is 1.33. The van der Waals surface area contributed by atoms with Crippen molar-refractivity contribution < 1.29 is 13.2 Å². The van der Waals surface area contributed by atoms with Gasteiger partial charge in [-0.1, -0.05) is 30.3 Å². The van der Waals surface area contributed by atoms with E-state index in [1.165, 1.54) is 5.41 Å². The van der Waals surface area contributed by atoms with E-state index in [9.17, 15) is 8.42 Å². The second-order valence-electron chi connectivity index (χ2n) is 6.02. The van der Waals surface area contributed by atoms with Crippen molar-refractivity contribution in [3.8, 4) is 0 Å². The zero-order valence-electron chi connectivity index (χ0n) is 13.9. The van der Waals surface area contributed by atoms with Crippen LogP contribution in [0.5, 0.6) is 0 Å². The molecule has 0 aliphatic carbocycles. The van der Waals surface area contributed by atoms with Gasteiger partial charge in [0, 0.05) is 37.8 Å². The molecule has 0 N–H and O–H groups in total. The Balaban J connectivity index is 2.15. The monoisotopic (exact) mass is 338 g/mol. The van der Waals surface area contributed by atoms with E-state index < -0.39 is 10.0 Å². The zero-order valence-corrected chi connectivity index (χ0v) is 14.7. The first-order valence-electron chi connectivity index (χ1n) is 7.96. The third kappa shape index (κ3) is 5.73. The van der Waals surface area contributed by atoms with Crippen LogP contribution in [0.15, 0.2) is 35.7 Å². The van der Waals surface area contributed by atoms with Gasteiger partial charge in [0.15, 0.2) is 0 Å². The molecule has 0 saturated carbocycles. The van der Waals surface area contributed by atoms with Gasteiger partial charge in [0.2, 0.25) is 10.0 Å². The second kappa shape index (κ2) is 8.59. The van der Waals surface area contributed by atoms with Crippen molar-refractivity contribution >= 4 is 16.1 Å². The third-order valence-corrected chi connectivity index (χ3v) is 5.54. The molecule has 128 valence electrons. The van der Waals surface area contributed by atoms with Gasteiger partial charge in [0.1, 0.15) is 0 Å². The van der Waals surface area contributed by atoms with Crippen LogP contribution in [0.1, 0.15) is 18.4 Å². The molecule has 6 heteroatoms. The topological polar surface area (TPSA) is 49.9 Å². The molecule has 1 saturated heterocycles. The molecule has 0 unspecified atom stereocenters. The Morgan fingerprint density at radius 2 is 1.78 bits per heavy atom. The maximum absolute atomic E-state index is 12.8. The maximum atomic E-state index is 12.8. The van der Waals surface area contributed by atoms with Gasteiger partial charge in [-0.15, -0.1) is 0 Å². The quantitative estimate of drug-likeness (QED) is 0.763. The van der Waals surface area contributed by atoms with E-state index in [1.807, 2.05) is 49.3 Å². The van der Waals surface area contributed by atoms with Crippen molar-refractivity contribution in [2.45, 2.75) is 18.9 Å². The summed E-state index contributed by atoms with van der Waals surface area (Å²) in [5.74, 6) is 0. The maximum Gasteiger partial charge on any atom is 0.236 e. The average Bonchev–Trinajstić information content (AvgIpc) is 2.55. The lowest BCUT2D eigenvalue weighted by molar-refractivity contribution is 0.0576. The Morgan fingerprint density at radius 1 is 1.13 bits per heavy atom. The van der Waals surface area contributed by atoms with E-state index in [4.69, 9.17) is 4.74 Å². The first kappa shape index (κ1) is 18.1. The first-order chi connectivity index (χ1) is 11.0. The molecule has 23 heavy (non-hydrogen) atoms. The number of benzene rings is 1. The summed E-state index contributed by atoms with van der Waals surface area (Å²) in [6.07, 6.45) is 3.18. The van der Waals surface area contributed by atoms with Crippen LogP contribution >= 0.6 is 0 Å². The van der Waals surface area contributed by atoms with Crippen molar-refractivity contribution in [1.82, 2.24) is 9.21 Å². The zero-order chi connectivity index (χ0) is 16.7. The van der Waals surface area contributed by atoms with E-state index in [0.717, 1.165) is 18.4 Å². The molecule has 0 spiro atoms. The van der Waals surface area contributed by atoms with Crippen LogP contribution in [0.3, 0.4) is 0 Å². The minimum atomic E-state index is -3.45. The van der Waals surface area contributed by atoms with Crippen LogP contribution in [-0.2, 0) is 14.8 Å². The molecule has 2 rings (SSSR count). The fourth-order valence-corrected chi connectivity index (χ4v) is 4.04. The van der Waals surface area contributed by atoms with Crippen LogP contribution in [-0.4, -0.2) is 64.1 Å². The molecule has 1 aromatic carbocycles. The van der Waals surface area contributed by atoms with Gasteiger partial charge in [-0.2, -0.15) is 4.31 Å². The number of likely N-dealkylation sites (N-methyl/N-ethyl adjacent to an activating group) is 1. The van der Waals surface area contributed by atoms with E-state index in [-0.39, 0.29) is 6.04 Å². The lowest BCUT2D eigenvalue weighted by atomic mass is 10.1. The summed E-state index contributed by atoms with van der Waals surface area (Å²) in [5.41, 5.74) is 0.885. The van der Waals surface area contributed by atoms with Gasteiger partial charge in [-0.3, -0.25) is 0 Å². The summed E-state index contributed by atoms with van der Waals surface area (Å²) in [6, 6.07) is 9.52. The first-order valence-corrected chi connectivity index (χ1v) is 9.47. The molecule has 0 radical (unpaired) electrons. The smallest absolute Gasteiger partial charge is 0.236 e. The highest BCUT2D eigenvalue weighted by atomic mass is 32.2. The van der Waals surface area contributed by atoms with E-state index >= 15 is 0 Å². The van der Waals surface area contributed by atoms with Crippen LogP contribution < -0.4 is 0 Å². The molecule has 0 amide bonds. The molecule has 1 aliphatic heterocycles. The third-order valence-electron chi connectivity index (χ3n) is 3.92. The Kier molecular flexibility index (Phi) is 6.77. The fraction of sp³-hybridized carbons (Fsp3) is 0.529. The Hall–Kier alpha value is -1.21. The van der Waals surface area contributed by atoms with Crippen LogP contribution in [0.4, 0.5) is 0 Å². The van der Waals surface area contributed by atoms with Crippen molar-refractivity contribution in [2.75, 3.05) is 40.4 Å². The molecule has 0 aromatic heterocycles. The van der Waals surface area contributed by atoms with Crippen LogP contribution in [0.2, 0.25) is 0 Å². The van der Waals surface area contributed by atoms with Gasteiger partial charge < -0.3 is 9.64 Å². The molecule has 1 aliphatic rings. The number of sulfonamides is 1. The molecule has 1 aromatic rings. The summed E-state index contributed by atoms with van der Waals surface area (Å²) >= 11 is 0. The molecule has 0 bridgehead atoms. The minimum absolute atomic E-state index is 0.0223. The lowest BCUT2D eigenvalue weighted by Crippen LogP contribution is -2.45. The van der Waals surface area contributed by atoms with Gasteiger partial charge in [0.05, 0.1) is 0 Å². The number of hydrogen-bond donors (Lipinski definition) is 0. The van der Waals surface area contributed by atoms with Gasteiger partial charge in [-0.25, -0.2) is 8.42 Å². The van der Waals surface area contributed by atoms with Crippen molar-refractivity contribution in [1.29, 1.82) is 0 Å². The van der Waals surface area contributed by atoms with E-state index in [1.54, 1.807) is 10.4 Å². The summed E-state index contributed by atoms with van der Waals surface area (Å²) in [6.45, 7) is 2.46. The fourth-order valence-electron chi connectivity index (χ4n) is 2.60. The SMILES string of the molecule is CN(C)CCN(C1CCOCC1)S(=O)(=O)/C=C/c1ccccc1. The average molecular weight is 338 g/mol. The molecule has 0 atom stereocenters. The van der Waals surface area contributed by atoms with Gasteiger partial charge in [0.25, 0.3) is 0 Å². The number of ether oxygens (including phenoxy) is 1. The van der Waals surface area contributed by atoms with Crippen molar-refractivity contribution in [2.24, 2.45) is 0 Å². The van der Waals surface area contributed by atoms with Crippen LogP contribution in [0.25, 0.3) is 6.08 Å². The van der Waals surface area contributed by atoms with Gasteiger partial charge >= 0.3 is 0 Å². The molecule has 1 heterocycles. The highest BCUT2D eigenvalue weighted by Crippen LogP contribution is 2.19. The number of rotatable bonds is 7. The predicted octanol–water partition coefficient (Wildman–Crippen LogP) is 2.03. The van der Waals surface area contributed by atoms with Gasteiger partial charge in [-0.05, 0) is 38.6 Å². The molecular weight excluding hydrogens is 312 g/mol. The van der Waals surface area contributed by atoms with Crippen molar-refractivity contribution in [3.05, 3.63) is 41.3 Å². The number of hydrogen-bond acceptors (Lipinski definition) is 4. The molecule has 1 fully saturated rings. The summed E-state index contributed by atoms with van der Waals surface area (Å²) in [7, 11) is 0.461. The van der Waals surface area contributed by atoms with Crippen LogP contribution in [0, 0.1) is 0 Å². The Labute approximate surface area is 139 Å². The van der Waals surface area contributed by atoms with E-state index in [2.05, 4.69) is 0 Å². The molecular formula is C17H26N2O3S. The normalized spacial score (nSPS) is 17.4. The van der Waals surface area contributed by atoms with Crippen molar-refractivity contribution in [3.63, 3.8) is 0 Å². The van der Waals surface area contributed by atoms with E-state index in [0.29, 0.717) is 26.3 Å². The Morgan fingerprint density at radius 3 is 2.39 bits per heavy atom. The predicted molar refractivity (Wildman–Crippen MR) is 93.5 cm³/mol. The second-order valence-corrected chi connectivity index (χ2v) is 7.79. The molecule has 5 nitrogen and oxygen atoms in total.